The molecule has 0 saturated carbocycles. The van der Waals surface area contributed by atoms with E-state index < -0.39 is 0 Å². The molecule has 0 aliphatic carbocycles. The van der Waals surface area contributed by atoms with Crippen LogP contribution >= 0.6 is 0 Å². The summed E-state index contributed by atoms with van der Waals surface area (Å²) in [7, 11) is 1.75. The van der Waals surface area contributed by atoms with E-state index in [1.165, 1.54) is 6.92 Å². The van der Waals surface area contributed by atoms with Gasteiger partial charge in [-0.15, -0.1) is 0 Å². The summed E-state index contributed by atoms with van der Waals surface area (Å²) in [4.78, 5) is 21.0. The molecule has 0 amide bonds. The van der Waals surface area contributed by atoms with Crippen LogP contribution in [0.1, 0.15) is 13.3 Å². The number of carbonyl (C=O) groups is 2. The third kappa shape index (κ3) is 6.99. The Hall–Kier alpha value is -0.900. The zero-order valence-electron chi connectivity index (χ0n) is 6.85. The van der Waals surface area contributed by atoms with Crippen LogP contribution in [0.15, 0.2) is 0 Å². The largest absolute Gasteiger partial charge is 0.458 e. The number of esters is 1. The number of nitrogens with one attached hydrogen (secondary N) is 1. The van der Waals surface area contributed by atoms with Gasteiger partial charge >= 0.3 is 5.97 Å². The van der Waals surface area contributed by atoms with Gasteiger partial charge in [-0.05, 0) is 14.0 Å². The normalized spacial score (nSPS) is 9.27. The van der Waals surface area contributed by atoms with Gasteiger partial charge < -0.3 is 10.1 Å². The molecule has 0 saturated heterocycles. The molecule has 1 N–H and O–H groups in total. The van der Waals surface area contributed by atoms with Crippen LogP contribution in [0.4, 0.5) is 0 Å². The third-order valence-electron chi connectivity index (χ3n) is 1.02. The van der Waals surface area contributed by atoms with E-state index in [0.29, 0.717) is 13.0 Å². The van der Waals surface area contributed by atoms with Crippen molar-refractivity contribution in [1.82, 2.24) is 5.32 Å². The number of Topliss-reactive ketones (excluding diaryl/α,β-unsaturated/α-hetero) is 1. The monoisotopic (exact) mass is 159 g/mol. The molecule has 0 aliphatic rings. The summed E-state index contributed by atoms with van der Waals surface area (Å²) < 4.78 is 4.58. The maximum Gasteiger partial charge on any atom is 0.307 e. The van der Waals surface area contributed by atoms with Crippen molar-refractivity contribution in [3.63, 3.8) is 0 Å². The minimum atomic E-state index is -0.338. The van der Waals surface area contributed by atoms with E-state index in [1.807, 2.05) is 0 Å². The molecule has 0 fully saturated rings. The molecular weight excluding hydrogens is 146 g/mol. The number of ketones is 1. The Morgan fingerprint density at radius 2 is 2.09 bits per heavy atom. The molecule has 0 aromatic carbocycles. The molecule has 0 aromatic rings. The molecule has 11 heavy (non-hydrogen) atoms. The smallest absolute Gasteiger partial charge is 0.307 e. The fourth-order valence-corrected chi connectivity index (χ4v) is 0.481. The summed E-state index contributed by atoms with van der Waals surface area (Å²) in [5.41, 5.74) is 0. The molecule has 0 heterocycles. The highest BCUT2D eigenvalue weighted by molar-refractivity contribution is 5.80. The maximum atomic E-state index is 10.7. The summed E-state index contributed by atoms with van der Waals surface area (Å²) in [6.45, 7) is 1.85. The topological polar surface area (TPSA) is 55.4 Å². The molecule has 64 valence electrons. The minimum absolute atomic E-state index is 0.109. The van der Waals surface area contributed by atoms with Gasteiger partial charge in [-0.25, -0.2) is 0 Å². The lowest BCUT2D eigenvalue weighted by Gasteiger charge is -2.00. The van der Waals surface area contributed by atoms with E-state index in [2.05, 4.69) is 10.1 Å². The van der Waals surface area contributed by atoms with E-state index in [1.54, 1.807) is 7.05 Å². The summed E-state index contributed by atoms with van der Waals surface area (Å²) in [5, 5.41) is 2.80. The van der Waals surface area contributed by atoms with Crippen molar-refractivity contribution in [3.8, 4) is 0 Å². The third-order valence-corrected chi connectivity index (χ3v) is 1.02. The van der Waals surface area contributed by atoms with Crippen LogP contribution in [0.25, 0.3) is 0 Å². The molecule has 0 radical (unpaired) electrons. The van der Waals surface area contributed by atoms with Crippen LogP contribution in [0, 0.1) is 0 Å². The van der Waals surface area contributed by atoms with Crippen LogP contribution in [-0.4, -0.2) is 32.0 Å². The first-order valence-electron chi connectivity index (χ1n) is 3.46. The first kappa shape index (κ1) is 10.1. The Bertz CT molecular complexity index is 145. The highest BCUT2D eigenvalue weighted by atomic mass is 16.5. The van der Waals surface area contributed by atoms with E-state index in [4.69, 9.17) is 0 Å². The SMILES string of the molecule is CNCCC(=O)OCC(C)=O. The quantitative estimate of drug-likeness (QED) is 0.561. The summed E-state index contributed by atoms with van der Waals surface area (Å²) in [6, 6.07) is 0. The van der Waals surface area contributed by atoms with Gasteiger partial charge in [0, 0.05) is 6.54 Å². The molecule has 0 aliphatic heterocycles. The highest BCUT2D eigenvalue weighted by Gasteiger charge is 2.02. The van der Waals surface area contributed by atoms with Gasteiger partial charge in [0.25, 0.3) is 0 Å². The molecule has 4 heteroatoms. The summed E-state index contributed by atoms with van der Waals surface area (Å²) >= 11 is 0. The van der Waals surface area contributed by atoms with Crippen molar-refractivity contribution in [2.75, 3.05) is 20.2 Å². The molecule has 0 bridgehead atoms. The van der Waals surface area contributed by atoms with E-state index in [0.717, 1.165) is 0 Å². The predicted octanol–water partition coefficient (Wildman–Crippen LogP) is -0.272. The summed E-state index contributed by atoms with van der Waals surface area (Å²) in [6.07, 6.45) is 0.309. The molecule has 0 atom stereocenters. The zero-order chi connectivity index (χ0) is 8.69. The Balaban J connectivity index is 3.30. The lowest BCUT2D eigenvalue weighted by molar-refractivity contribution is -0.147. The van der Waals surface area contributed by atoms with Crippen LogP contribution in [0.5, 0.6) is 0 Å². The first-order valence-corrected chi connectivity index (χ1v) is 3.46. The van der Waals surface area contributed by atoms with Crippen LogP contribution in [0.3, 0.4) is 0 Å². The number of hydrogen-bond acceptors (Lipinski definition) is 4. The van der Waals surface area contributed by atoms with Crippen LogP contribution < -0.4 is 5.32 Å². The number of rotatable bonds is 5. The standard InChI is InChI=1S/C7H13NO3/c1-6(9)5-11-7(10)3-4-8-2/h8H,3-5H2,1-2H3. The average Bonchev–Trinajstić information content (AvgIpc) is 1.97. The number of carbonyl (C=O) groups excluding carboxylic acids is 2. The van der Waals surface area contributed by atoms with Gasteiger partial charge in [0.2, 0.25) is 0 Å². The summed E-state index contributed by atoms with van der Waals surface area (Å²) in [5.74, 6) is -0.475. The van der Waals surface area contributed by atoms with Crippen molar-refractivity contribution in [2.45, 2.75) is 13.3 Å². The molecule has 0 unspecified atom stereocenters. The van der Waals surface area contributed by atoms with Gasteiger partial charge in [-0.1, -0.05) is 0 Å². The molecule has 0 aromatic heterocycles. The van der Waals surface area contributed by atoms with Gasteiger partial charge in [-0.2, -0.15) is 0 Å². The van der Waals surface area contributed by atoms with Crippen molar-refractivity contribution >= 4 is 11.8 Å². The van der Waals surface area contributed by atoms with Gasteiger partial charge in [0.1, 0.15) is 6.61 Å². The predicted molar refractivity (Wildman–Crippen MR) is 40.2 cm³/mol. The van der Waals surface area contributed by atoms with E-state index in [-0.39, 0.29) is 18.4 Å². The second kappa shape index (κ2) is 5.85. The van der Waals surface area contributed by atoms with Gasteiger partial charge in [0.15, 0.2) is 5.78 Å². The van der Waals surface area contributed by atoms with Gasteiger partial charge in [-0.3, -0.25) is 9.59 Å². The fraction of sp³-hybridized carbons (Fsp3) is 0.714. The van der Waals surface area contributed by atoms with Crippen molar-refractivity contribution in [1.29, 1.82) is 0 Å². The van der Waals surface area contributed by atoms with E-state index >= 15 is 0 Å². The Morgan fingerprint density at radius 1 is 1.45 bits per heavy atom. The Kier molecular flexibility index (Phi) is 5.37. The highest BCUT2D eigenvalue weighted by Crippen LogP contribution is 1.84. The first-order chi connectivity index (χ1) is 5.16. The number of ether oxygens (including phenoxy) is 1. The average molecular weight is 159 g/mol. The van der Waals surface area contributed by atoms with Crippen molar-refractivity contribution < 1.29 is 14.3 Å². The molecular formula is C7H13NO3. The molecule has 0 rings (SSSR count). The maximum absolute atomic E-state index is 10.7. The van der Waals surface area contributed by atoms with Crippen LogP contribution in [0.2, 0.25) is 0 Å². The van der Waals surface area contributed by atoms with E-state index in [9.17, 15) is 9.59 Å². The molecule has 0 spiro atoms. The molecule has 4 nitrogen and oxygen atoms in total. The minimum Gasteiger partial charge on any atom is -0.458 e. The Morgan fingerprint density at radius 3 is 2.55 bits per heavy atom. The van der Waals surface area contributed by atoms with Gasteiger partial charge in [0.05, 0.1) is 6.42 Å². The lowest BCUT2D eigenvalue weighted by Crippen LogP contribution is -2.17. The second-order valence-electron chi connectivity index (χ2n) is 2.22. The lowest BCUT2D eigenvalue weighted by atomic mass is 10.4. The van der Waals surface area contributed by atoms with Crippen molar-refractivity contribution in [3.05, 3.63) is 0 Å². The fourth-order valence-electron chi connectivity index (χ4n) is 0.481. The van der Waals surface area contributed by atoms with Crippen LogP contribution in [-0.2, 0) is 14.3 Å². The van der Waals surface area contributed by atoms with Crippen molar-refractivity contribution in [2.24, 2.45) is 0 Å². The number of hydrogen-bond donors (Lipinski definition) is 1. The zero-order valence-corrected chi connectivity index (χ0v) is 6.85. The second-order valence-corrected chi connectivity index (χ2v) is 2.22. The Labute approximate surface area is 65.9 Å².